The van der Waals surface area contributed by atoms with Crippen molar-refractivity contribution in [2.45, 2.75) is 13.0 Å². The van der Waals surface area contributed by atoms with E-state index in [0.717, 1.165) is 5.92 Å². The van der Waals surface area contributed by atoms with Gasteiger partial charge in [-0.15, -0.1) is 6.58 Å². The summed E-state index contributed by atoms with van der Waals surface area (Å²) in [5, 5.41) is 0. The zero-order valence-electron chi connectivity index (χ0n) is 4.57. The lowest BCUT2D eigenvalue weighted by Crippen LogP contribution is -1.83. The summed E-state index contributed by atoms with van der Waals surface area (Å²) in [6, 6.07) is 1.35. The molecule has 0 heterocycles. The van der Waals surface area contributed by atoms with E-state index in [2.05, 4.69) is 13.5 Å². The minimum Gasteiger partial charge on any atom is -0.103 e. The van der Waals surface area contributed by atoms with E-state index < -0.39 is 0 Å². The fourth-order valence-electron chi connectivity index (χ4n) is 0.167. The molecule has 0 aliphatic rings. The van der Waals surface area contributed by atoms with Crippen LogP contribution in [0.4, 0.5) is 0 Å². The van der Waals surface area contributed by atoms with Crippen LogP contribution in [-0.4, -0.2) is 10.2 Å². The standard InChI is InChI=1S/C5H12Si/c1-3-5(2)4-6/h3,5H,1,4H2,2,6H3. The summed E-state index contributed by atoms with van der Waals surface area (Å²) in [6.45, 7) is 5.85. The van der Waals surface area contributed by atoms with Crippen LogP contribution in [-0.2, 0) is 0 Å². The average Bonchev–Trinajstić information content (AvgIpc) is 1.65. The van der Waals surface area contributed by atoms with Crippen LogP contribution in [0.1, 0.15) is 6.92 Å². The lowest BCUT2D eigenvalue weighted by atomic mass is 10.2. The van der Waals surface area contributed by atoms with Crippen molar-refractivity contribution in [3.05, 3.63) is 12.7 Å². The summed E-state index contributed by atoms with van der Waals surface area (Å²) in [4.78, 5) is 0. The van der Waals surface area contributed by atoms with Gasteiger partial charge in [-0.3, -0.25) is 0 Å². The van der Waals surface area contributed by atoms with Gasteiger partial charge in [-0.25, -0.2) is 0 Å². The minimum absolute atomic E-state index is 0.761. The van der Waals surface area contributed by atoms with Gasteiger partial charge in [0.15, 0.2) is 0 Å². The third kappa shape index (κ3) is 2.21. The molecule has 0 amide bonds. The molecule has 36 valence electrons. The monoisotopic (exact) mass is 100 g/mol. The maximum Gasteiger partial charge on any atom is 0.00353 e. The van der Waals surface area contributed by atoms with Crippen LogP contribution in [0.5, 0.6) is 0 Å². The van der Waals surface area contributed by atoms with Crippen molar-refractivity contribution in [1.82, 2.24) is 0 Å². The van der Waals surface area contributed by atoms with Crippen molar-refractivity contribution < 1.29 is 0 Å². The van der Waals surface area contributed by atoms with Gasteiger partial charge in [-0.2, -0.15) is 0 Å². The molecule has 0 aromatic heterocycles. The molecule has 0 nitrogen and oxygen atoms in total. The molecule has 1 atom stereocenters. The largest absolute Gasteiger partial charge is 0.103 e. The zero-order valence-corrected chi connectivity index (χ0v) is 6.57. The molecule has 0 rings (SSSR count). The van der Waals surface area contributed by atoms with Gasteiger partial charge in [-0.1, -0.05) is 19.0 Å². The smallest absolute Gasteiger partial charge is 0.00353 e. The molecule has 0 aliphatic heterocycles. The first-order valence-electron chi connectivity index (χ1n) is 2.43. The molecule has 0 N–H and O–H groups in total. The maximum atomic E-state index is 3.65. The molecule has 6 heavy (non-hydrogen) atoms. The molecular formula is C5H12Si. The van der Waals surface area contributed by atoms with E-state index >= 15 is 0 Å². The van der Waals surface area contributed by atoms with Gasteiger partial charge >= 0.3 is 0 Å². The van der Waals surface area contributed by atoms with Crippen molar-refractivity contribution in [3.8, 4) is 0 Å². The van der Waals surface area contributed by atoms with Crippen LogP contribution < -0.4 is 0 Å². The topological polar surface area (TPSA) is 0 Å². The predicted molar refractivity (Wildman–Crippen MR) is 34.1 cm³/mol. The number of hydrogen-bond donors (Lipinski definition) is 0. The first-order valence-corrected chi connectivity index (χ1v) is 3.85. The first-order chi connectivity index (χ1) is 2.81. The second-order valence-electron chi connectivity index (χ2n) is 1.62. The minimum atomic E-state index is 0.761. The van der Waals surface area contributed by atoms with Gasteiger partial charge in [0.05, 0.1) is 0 Å². The Morgan fingerprint density at radius 3 is 2.50 bits per heavy atom. The van der Waals surface area contributed by atoms with Gasteiger partial charge in [0.2, 0.25) is 0 Å². The van der Waals surface area contributed by atoms with Crippen molar-refractivity contribution in [2.24, 2.45) is 5.92 Å². The molecule has 0 aliphatic carbocycles. The van der Waals surface area contributed by atoms with Gasteiger partial charge in [0.1, 0.15) is 0 Å². The van der Waals surface area contributed by atoms with E-state index in [1.54, 1.807) is 0 Å². The molecule has 0 saturated heterocycles. The van der Waals surface area contributed by atoms with Crippen LogP contribution in [0.2, 0.25) is 6.04 Å². The fraction of sp³-hybridized carbons (Fsp3) is 0.600. The Bertz CT molecular complexity index is 41.2. The Hall–Kier alpha value is -0.0431. The Balaban J connectivity index is 2.96. The summed E-state index contributed by atoms with van der Waals surface area (Å²) in [5.74, 6) is 0.761. The van der Waals surface area contributed by atoms with Crippen LogP contribution in [0.3, 0.4) is 0 Å². The van der Waals surface area contributed by atoms with E-state index in [1.807, 2.05) is 6.08 Å². The predicted octanol–water partition coefficient (Wildman–Crippen LogP) is 0.592. The summed E-state index contributed by atoms with van der Waals surface area (Å²) in [5.41, 5.74) is 0. The Morgan fingerprint density at radius 2 is 2.50 bits per heavy atom. The first kappa shape index (κ1) is 5.96. The van der Waals surface area contributed by atoms with E-state index in [0.29, 0.717) is 0 Å². The van der Waals surface area contributed by atoms with Gasteiger partial charge in [0.25, 0.3) is 0 Å². The lowest BCUT2D eigenvalue weighted by Gasteiger charge is -1.93. The summed E-state index contributed by atoms with van der Waals surface area (Å²) in [7, 11) is 1.31. The Labute approximate surface area is 42.7 Å². The summed E-state index contributed by atoms with van der Waals surface area (Å²) >= 11 is 0. The Morgan fingerprint density at radius 1 is 2.00 bits per heavy atom. The van der Waals surface area contributed by atoms with E-state index in [4.69, 9.17) is 0 Å². The summed E-state index contributed by atoms with van der Waals surface area (Å²) < 4.78 is 0. The van der Waals surface area contributed by atoms with Crippen molar-refractivity contribution >= 4 is 10.2 Å². The molecule has 0 fully saturated rings. The molecule has 0 saturated carbocycles. The van der Waals surface area contributed by atoms with Crippen molar-refractivity contribution in [1.29, 1.82) is 0 Å². The average molecular weight is 100 g/mol. The van der Waals surface area contributed by atoms with Gasteiger partial charge in [0, 0.05) is 10.2 Å². The zero-order chi connectivity index (χ0) is 4.99. The number of allylic oxidation sites excluding steroid dienone is 1. The third-order valence-electron chi connectivity index (χ3n) is 1.05. The highest BCUT2D eigenvalue weighted by molar-refractivity contribution is 6.08. The highest BCUT2D eigenvalue weighted by atomic mass is 28.1. The molecule has 1 heteroatoms. The molecule has 0 spiro atoms. The molecule has 0 aromatic rings. The summed E-state index contributed by atoms with van der Waals surface area (Å²) in [6.07, 6.45) is 2.01. The van der Waals surface area contributed by atoms with Crippen molar-refractivity contribution in [2.75, 3.05) is 0 Å². The van der Waals surface area contributed by atoms with E-state index in [1.165, 1.54) is 16.3 Å². The molecule has 0 aromatic carbocycles. The number of rotatable bonds is 2. The van der Waals surface area contributed by atoms with Crippen LogP contribution in [0.25, 0.3) is 0 Å². The van der Waals surface area contributed by atoms with Gasteiger partial charge < -0.3 is 0 Å². The molecule has 0 radical (unpaired) electrons. The molecule has 1 unspecified atom stereocenters. The number of hydrogen-bond acceptors (Lipinski definition) is 0. The maximum absolute atomic E-state index is 3.65. The van der Waals surface area contributed by atoms with Crippen molar-refractivity contribution in [3.63, 3.8) is 0 Å². The van der Waals surface area contributed by atoms with Crippen LogP contribution in [0.15, 0.2) is 12.7 Å². The lowest BCUT2D eigenvalue weighted by molar-refractivity contribution is 0.832. The molecule has 0 bridgehead atoms. The van der Waals surface area contributed by atoms with Crippen LogP contribution in [0, 0.1) is 5.92 Å². The van der Waals surface area contributed by atoms with Gasteiger partial charge in [-0.05, 0) is 5.92 Å². The van der Waals surface area contributed by atoms with E-state index in [-0.39, 0.29) is 0 Å². The quantitative estimate of drug-likeness (QED) is 0.352. The second kappa shape index (κ2) is 3.16. The third-order valence-corrected chi connectivity index (χ3v) is 2.33. The second-order valence-corrected chi connectivity index (χ2v) is 2.44. The Kier molecular flexibility index (Phi) is 3.14. The normalized spacial score (nSPS) is 14.2. The SMILES string of the molecule is C=CC(C)C[SiH3]. The molecular weight excluding hydrogens is 88.1 g/mol. The van der Waals surface area contributed by atoms with E-state index in [9.17, 15) is 0 Å². The van der Waals surface area contributed by atoms with Crippen LogP contribution >= 0.6 is 0 Å². The fourth-order valence-corrected chi connectivity index (χ4v) is 0.500. The highest BCUT2D eigenvalue weighted by Crippen LogP contribution is 1.96. The highest BCUT2D eigenvalue weighted by Gasteiger charge is 1.84.